The van der Waals surface area contributed by atoms with Crippen LogP contribution in [0.3, 0.4) is 0 Å². The molecule has 0 aliphatic rings. The minimum Gasteiger partial charge on any atom is -0.462 e. The Morgan fingerprint density at radius 3 is 2.17 bits per heavy atom. The number of hydrogen-bond acceptors (Lipinski definition) is 3. The van der Waals surface area contributed by atoms with Gasteiger partial charge in [-0.3, -0.25) is 4.79 Å². The SMILES string of the molecule is CCCC(=O)OC(CC(C)(C)CCO)C(C)(C)C. The van der Waals surface area contributed by atoms with E-state index in [2.05, 4.69) is 34.6 Å². The molecule has 0 fully saturated rings. The molecule has 0 radical (unpaired) electrons. The summed E-state index contributed by atoms with van der Waals surface area (Å²) in [5, 5.41) is 9.08. The molecule has 3 nitrogen and oxygen atoms in total. The minimum atomic E-state index is -0.114. The Balaban J connectivity index is 4.65. The average molecular weight is 258 g/mol. The zero-order valence-electron chi connectivity index (χ0n) is 12.9. The van der Waals surface area contributed by atoms with Crippen molar-refractivity contribution in [3.05, 3.63) is 0 Å². The molecule has 3 heteroatoms. The third-order valence-electron chi connectivity index (χ3n) is 3.22. The number of aliphatic hydroxyl groups excluding tert-OH is 1. The number of rotatable bonds is 7. The van der Waals surface area contributed by atoms with Crippen molar-refractivity contribution in [1.29, 1.82) is 0 Å². The zero-order chi connectivity index (χ0) is 14.4. The van der Waals surface area contributed by atoms with Crippen LogP contribution >= 0.6 is 0 Å². The highest BCUT2D eigenvalue weighted by molar-refractivity contribution is 5.69. The molecule has 0 aliphatic heterocycles. The molecule has 1 atom stereocenters. The molecule has 0 amide bonds. The van der Waals surface area contributed by atoms with Gasteiger partial charge in [0.15, 0.2) is 0 Å². The second-order valence-corrected chi connectivity index (χ2v) is 6.94. The van der Waals surface area contributed by atoms with E-state index >= 15 is 0 Å². The first-order valence-corrected chi connectivity index (χ1v) is 6.92. The van der Waals surface area contributed by atoms with Crippen molar-refractivity contribution in [1.82, 2.24) is 0 Å². The maximum atomic E-state index is 11.7. The molecule has 0 spiro atoms. The fourth-order valence-corrected chi connectivity index (χ4v) is 1.85. The van der Waals surface area contributed by atoms with Crippen LogP contribution in [-0.4, -0.2) is 23.8 Å². The van der Waals surface area contributed by atoms with Crippen molar-refractivity contribution in [2.24, 2.45) is 10.8 Å². The van der Waals surface area contributed by atoms with Gasteiger partial charge in [-0.15, -0.1) is 0 Å². The first kappa shape index (κ1) is 17.4. The monoisotopic (exact) mass is 258 g/mol. The summed E-state index contributed by atoms with van der Waals surface area (Å²) in [7, 11) is 0. The van der Waals surface area contributed by atoms with Crippen LogP contribution in [0.25, 0.3) is 0 Å². The van der Waals surface area contributed by atoms with Gasteiger partial charge in [-0.25, -0.2) is 0 Å². The van der Waals surface area contributed by atoms with E-state index in [1.54, 1.807) is 0 Å². The van der Waals surface area contributed by atoms with Gasteiger partial charge < -0.3 is 9.84 Å². The quantitative estimate of drug-likeness (QED) is 0.710. The lowest BCUT2D eigenvalue weighted by molar-refractivity contribution is -0.157. The molecule has 0 saturated heterocycles. The van der Waals surface area contributed by atoms with E-state index in [-0.39, 0.29) is 29.5 Å². The van der Waals surface area contributed by atoms with Crippen LogP contribution in [0.1, 0.15) is 67.2 Å². The molecule has 18 heavy (non-hydrogen) atoms. The van der Waals surface area contributed by atoms with E-state index in [9.17, 15) is 4.79 Å². The number of esters is 1. The van der Waals surface area contributed by atoms with Gasteiger partial charge in [0, 0.05) is 13.0 Å². The number of ether oxygens (including phenoxy) is 1. The fourth-order valence-electron chi connectivity index (χ4n) is 1.85. The molecule has 0 aromatic heterocycles. The molecule has 0 aromatic carbocycles. The van der Waals surface area contributed by atoms with E-state index in [1.807, 2.05) is 6.92 Å². The highest BCUT2D eigenvalue weighted by Gasteiger charge is 2.33. The Labute approximate surface area is 112 Å². The fraction of sp³-hybridized carbons (Fsp3) is 0.933. The maximum Gasteiger partial charge on any atom is 0.306 e. The summed E-state index contributed by atoms with van der Waals surface area (Å²) in [5.74, 6) is -0.114. The van der Waals surface area contributed by atoms with Gasteiger partial charge in [0.1, 0.15) is 6.10 Å². The van der Waals surface area contributed by atoms with Gasteiger partial charge in [0.05, 0.1) is 0 Å². The lowest BCUT2D eigenvalue weighted by atomic mass is 9.76. The Hall–Kier alpha value is -0.570. The molecule has 0 saturated carbocycles. The van der Waals surface area contributed by atoms with Crippen LogP contribution in [0.15, 0.2) is 0 Å². The summed E-state index contributed by atoms with van der Waals surface area (Å²) in [6, 6.07) is 0. The molecule has 0 bridgehead atoms. The predicted octanol–water partition coefficient (Wildman–Crippen LogP) is 3.54. The predicted molar refractivity (Wildman–Crippen MR) is 74.3 cm³/mol. The van der Waals surface area contributed by atoms with Crippen LogP contribution in [0.2, 0.25) is 0 Å². The van der Waals surface area contributed by atoms with Gasteiger partial charge in [-0.05, 0) is 30.1 Å². The van der Waals surface area contributed by atoms with Crippen molar-refractivity contribution in [2.75, 3.05) is 6.61 Å². The Kier molecular flexibility index (Phi) is 6.90. The highest BCUT2D eigenvalue weighted by atomic mass is 16.5. The first-order valence-electron chi connectivity index (χ1n) is 6.92. The molecule has 0 aliphatic carbocycles. The largest absolute Gasteiger partial charge is 0.462 e. The molecular weight excluding hydrogens is 228 g/mol. The van der Waals surface area contributed by atoms with E-state index in [1.165, 1.54) is 0 Å². The normalized spacial score (nSPS) is 14.4. The van der Waals surface area contributed by atoms with Crippen LogP contribution in [-0.2, 0) is 9.53 Å². The lowest BCUT2D eigenvalue weighted by Crippen LogP contribution is -2.36. The first-order chi connectivity index (χ1) is 8.12. The molecular formula is C15H30O3. The molecule has 108 valence electrons. The number of carbonyl (C=O) groups is 1. The summed E-state index contributed by atoms with van der Waals surface area (Å²) >= 11 is 0. The van der Waals surface area contributed by atoms with Gasteiger partial charge in [0.2, 0.25) is 0 Å². The molecule has 0 rings (SSSR count). The molecule has 1 N–H and O–H groups in total. The summed E-state index contributed by atoms with van der Waals surface area (Å²) in [5.41, 5.74) is -0.0880. The smallest absolute Gasteiger partial charge is 0.306 e. The van der Waals surface area contributed by atoms with E-state index < -0.39 is 0 Å². The summed E-state index contributed by atoms with van der Waals surface area (Å²) < 4.78 is 5.62. The Morgan fingerprint density at radius 2 is 1.78 bits per heavy atom. The molecule has 0 aromatic rings. The van der Waals surface area contributed by atoms with E-state index in [0.29, 0.717) is 6.42 Å². The van der Waals surface area contributed by atoms with Gasteiger partial charge in [0.25, 0.3) is 0 Å². The van der Waals surface area contributed by atoms with Gasteiger partial charge >= 0.3 is 5.97 Å². The standard InChI is InChI=1S/C15H30O3/c1-7-8-13(17)18-12(14(2,3)4)11-15(5,6)9-10-16/h12,16H,7-11H2,1-6H3. The number of aliphatic hydroxyl groups is 1. The van der Waals surface area contributed by atoms with Crippen molar-refractivity contribution < 1.29 is 14.6 Å². The zero-order valence-corrected chi connectivity index (χ0v) is 12.9. The number of hydrogen-bond donors (Lipinski definition) is 1. The van der Waals surface area contributed by atoms with E-state index in [0.717, 1.165) is 19.3 Å². The van der Waals surface area contributed by atoms with Crippen LogP contribution < -0.4 is 0 Å². The van der Waals surface area contributed by atoms with Crippen molar-refractivity contribution >= 4 is 5.97 Å². The average Bonchev–Trinajstić information content (AvgIpc) is 2.14. The van der Waals surface area contributed by atoms with Gasteiger partial charge in [-0.2, -0.15) is 0 Å². The highest BCUT2D eigenvalue weighted by Crippen LogP contribution is 2.35. The van der Waals surface area contributed by atoms with Crippen molar-refractivity contribution in [3.8, 4) is 0 Å². The third-order valence-corrected chi connectivity index (χ3v) is 3.22. The molecule has 0 heterocycles. The second-order valence-electron chi connectivity index (χ2n) is 6.94. The van der Waals surface area contributed by atoms with E-state index in [4.69, 9.17) is 9.84 Å². The summed E-state index contributed by atoms with van der Waals surface area (Å²) in [6.45, 7) is 12.6. The minimum absolute atomic E-state index is 0.0147. The second kappa shape index (κ2) is 7.13. The summed E-state index contributed by atoms with van der Waals surface area (Å²) in [4.78, 5) is 11.7. The van der Waals surface area contributed by atoms with Crippen molar-refractivity contribution in [3.63, 3.8) is 0 Å². The van der Waals surface area contributed by atoms with Crippen LogP contribution in [0, 0.1) is 10.8 Å². The maximum absolute atomic E-state index is 11.7. The van der Waals surface area contributed by atoms with Gasteiger partial charge in [-0.1, -0.05) is 41.5 Å². The Morgan fingerprint density at radius 1 is 1.22 bits per heavy atom. The summed E-state index contributed by atoms with van der Waals surface area (Å²) in [6.07, 6.45) is 2.71. The number of carbonyl (C=O) groups excluding carboxylic acids is 1. The lowest BCUT2D eigenvalue weighted by Gasteiger charge is -2.36. The van der Waals surface area contributed by atoms with Crippen molar-refractivity contribution in [2.45, 2.75) is 73.3 Å². The van der Waals surface area contributed by atoms with Crippen LogP contribution in [0.5, 0.6) is 0 Å². The Bertz CT molecular complexity index is 251. The topological polar surface area (TPSA) is 46.5 Å². The molecule has 1 unspecified atom stereocenters. The third kappa shape index (κ3) is 7.00. The van der Waals surface area contributed by atoms with Crippen LogP contribution in [0.4, 0.5) is 0 Å².